The van der Waals surface area contributed by atoms with Crippen molar-refractivity contribution in [1.82, 2.24) is 4.90 Å². The van der Waals surface area contributed by atoms with E-state index in [0.29, 0.717) is 11.8 Å². The highest BCUT2D eigenvalue weighted by atomic mass is 16.1. The fourth-order valence-corrected chi connectivity index (χ4v) is 8.48. The summed E-state index contributed by atoms with van der Waals surface area (Å²) in [6.07, 6.45) is 31.6. The van der Waals surface area contributed by atoms with Crippen molar-refractivity contribution in [3.8, 4) is 0 Å². The molecule has 1 atom stereocenters. The maximum absolute atomic E-state index is 13.9. The number of nitrogens with zero attached hydrogens (tertiary/aromatic N) is 1. The Labute approximate surface area is 204 Å². The molecule has 0 bridgehead atoms. The van der Waals surface area contributed by atoms with Gasteiger partial charge in [0.2, 0.25) is 0 Å². The van der Waals surface area contributed by atoms with Gasteiger partial charge in [0.15, 0.2) is 5.78 Å². The zero-order valence-corrected chi connectivity index (χ0v) is 20.5. The number of hydrogen-bond acceptors (Lipinski definition) is 2. The highest BCUT2D eigenvalue weighted by molar-refractivity contribution is 6.11. The van der Waals surface area contributed by atoms with Crippen molar-refractivity contribution >= 4 is 5.78 Å². The maximum Gasteiger partial charge on any atom is 0.185 e. The Kier molecular flexibility index (Phi) is 5.00. The zero-order chi connectivity index (χ0) is 22.7. The maximum atomic E-state index is 13.9. The van der Waals surface area contributed by atoms with Crippen LogP contribution in [0, 0.1) is 5.41 Å². The molecule has 1 heterocycles. The van der Waals surface area contributed by atoms with Crippen molar-refractivity contribution in [2.24, 2.45) is 5.41 Å². The molecule has 0 fully saturated rings. The normalized spacial score (nSPS) is 30.1. The lowest BCUT2D eigenvalue weighted by Crippen LogP contribution is -2.48. The second kappa shape index (κ2) is 8.11. The molecular formula is C32H37NO. The van der Waals surface area contributed by atoms with Crippen LogP contribution in [0.3, 0.4) is 0 Å². The SMILES string of the molecule is O=C1C2=C(CCCC2)C2(C3=C(CCC=C3)N(C3C=CC=CC3)C3=C2CCCC3)C2=C1CCCC2. The summed E-state index contributed by atoms with van der Waals surface area (Å²) in [4.78, 5) is 16.7. The van der Waals surface area contributed by atoms with E-state index in [4.69, 9.17) is 0 Å². The van der Waals surface area contributed by atoms with Crippen molar-refractivity contribution in [2.75, 3.05) is 0 Å². The first-order valence-electron chi connectivity index (χ1n) is 14.1. The molecule has 0 radical (unpaired) electrons. The molecule has 2 nitrogen and oxygen atoms in total. The van der Waals surface area contributed by atoms with E-state index in [-0.39, 0.29) is 5.41 Å². The summed E-state index contributed by atoms with van der Waals surface area (Å²) < 4.78 is 0. The first kappa shape index (κ1) is 21.0. The third kappa shape index (κ3) is 2.77. The molecule has 0 aromatic carbocycles. The Bertz CT molecular complexity index is 1130. The van der Waals surface area contributed by atoms with E-state index in [9.17, 15) is 4.79 Å². The highest BCUT2D eigenvalue weighted by Crippen LogP contribution is 2.65. The van der Waals surface area contributed by atoms with Gasteiger partial charge >= 0.3 is 0 Å². The molecule has 1 aliphatic heterocycles. The predicted octanol–water partition coefficient (Wildman–Crippen LogP) is 7.93. The number of hydrogen-bond donors (Lipinski definition) is 0. The van der Waals surface area contributed by atoms with Crippen molar-refractivity contribution in [2.45, 2.75) is 102 Å². The van der Waals surface area contributed by atoms with Gasteiger partial charge < -0.3 is 4.90 Å². The molecule has 7 rings (SSSR count). The standard InChI is InChI=1S/C32H37NO/c34-31-23-14-4-6-16-25(23)32(26-17-7-5-15-24(26)31)27-18-8-10-20-29(27)33(22-12-2-1-3-13-22)30-21-11-9-19-28(30)32/h1-3,8,12,18,22H,4-7,9-11,13-17,19-21H2. The van der Waals surface area contributed by atoms with E-state index < -0.39 is 0 Å². The van der Waals surface area contributed by atoms with E-state index in [1.807, 2.05) is 0 Å². The Balaban J connectivity index is 1.55. The summed E-state index contributed by atoms with van der Waals surface area (Å²) >= 11 is 0. The molecule has 0 amide bonds. The third-order valence-electron chi connectivity index (χ3n) is 9.70. The fourth-order valence-electron chi connectivity index (χ4n) is 8.48. The average Bonchev–Trinajstić information content (AvgIpc) is 2.91. The first-order valence-corrected chi connectivity index (χ1v) is 14.1. The monoisotopic (exact) mass is 451 g/mol. The van der Waals surface area contributed by atoms with Crippen LogP contribution in [0.25, 0.3) is 0 Å². The van der Waals surface area contributed by atoms with Crippen molar-refractivity contribution in [1.29, 1.82) is 0 Å². The minimum absolute atomic E-state index is 0.0911. The average molecular weight is 452 g/mol. The van der Waals surface area contributed by atoms with Crippen LogP contribution >= 0.6 is 0 Å². The van der Waals surface area contributed by atoms with E-state index in [1.165, 1.54) is 73.7 Å². The van der Waals surface area contributed by atoms with Crippen LogP contribution in [0.5, 0.6) is 0 Å². The van der Waals surface area contributed by atoms with Crippen molar-refractivity contribution in [3.63, 3.8) is 0 Å². The zero-order valence-electron chi connectivity index (χ0n) is 20.5. The lowest BCUT2D eigenvalue weighted by molar-refractivity contribution is -0.113. The predicted molar refractivity (Wildman–Crippen MR) is 138 cm³/mol. The Morgan fingerprint density at radius 2 is 1.38 bits per heavy atom. The number of carbonyl (C=O) groups excluding carboxylic acids is 1. The smallest absolute Gasteiger partial charge is 0.185 e. The van der Waals surface area contributed by atoms with Crippen LogP contribution in [0.4, 0.5) is 0 Å². The summed E-state index contributed by atoms with van der Waals surface area (Å²) in [6, 6.07) is 0.437. The van der Waals surface area contributed by atoms with Gasteiger partial charge in [0, 0.05) is 22.5 Å². The van der Waals surface area contributed by atoms with Crippen LogP contribution in [-0.2, 0) is 4.79 Å². The molecule has 1 unspecified atom stereocenters. The Hall–Kier alpha value is -2.35. The van der Waals surface area contributed by atoms with Gasteiger partial charge in [0.1, 0.15) is 0 Å². The first-order chi connectivity index (χ1) is 16.8. The minimum atomic E-state index is -0.0911. The number of carbonyl (C=O) groups is 1. The van der Waals surface area contributed by atoms with Crippen LogP contribution in [0.2, 0.25) is 0 Å². The van der Waals surface area contributed by atoms with Gasteiger partial charge in [-0.05, 0) is 119 Å². The lowest BCUT2D eigenvalue weighted by atomic mass is 9.51. The van der Waals surface area contributed by atoms with E-state index >= 15 is 0 Å². The summed E-state index contributed by atoms with van der Waals surface area (Å²) in [5.74, 6) is 0.442. The fraction of sp³-hybridized carbons (Fsp3) is 0.531. The number of fused-ring (bicyclic) bond motifs is 4. The van der Waals surface area contributed by atoms with Crippen LogP contribution in [0.1, 0.15) is 96.3 Å². The Morgan fingerprint density at radius 3 is 2.09 bits per heavy atom. The third-order valence-corrected chi connectivity index (χ3v) is 9.70. The lowest BCUT2D eigenvalue weighted by Gasteiger charge is -2.56. The molecule has 0 saturated heterocycles. The summed E-state index contributed by atoms with van der Waals surface area (Å²) in [5, 5.41) is 0. The summed E-state index contributed by atoms with van der Waals surface area (Å²) in [7, 11) is 0. The van der Waals surface area contributed by atoms with E-state index in [1.54, 1.807) is 22.5 Å². The van der Waals surface area contributed by atoms with Crippen LogP contribution in [0.15, 0.2) is 81.3 Å². The van der Waals surface area contributed by atoms with Crippen molar-refractivity contribution < 1.29 is 4.79 Å². The molecule has 0 aromatic heterocycles. The largest absolute Gasteiger partial charge is 0.341 e. The van der Waals surface area contributed by atoms with Gasteiger partial charge in [-0.3, -0.25) is 4.79 Å². The van der Waals surface area contributed by atoms with Gasteiger partial charge in [-0.25, -0.2) is 0 Å². The molecule has 7 aliphatic rings. The minimum Gasteiger partial charge on any atom is -0.341 e. The number of ketones is 1. The van der Waals surface area contributed by atoms with Gasteiger partial charge in [-0.1, -0.05) is 36.5 Å². The summed E-state index contributed by atoms with van der Waals surface area (Å²) in [6.45, 7) is 0. The van der Waals surface area contributed by atoms with Gasteiger partial charge in [0.25, 0.3) is 0 Å². The molecule has 0 saturated carbocycles. The van der Waals surface area contributed by atoms with E-state index in [2.05, 4.69) is 41.4 Å². The molecule has 0 N–H and O–H groups in total. The molecule has 34 heavy (non-hydrogen) atoms. The van der Waals surface area contributed by atoms with Crippen LogP contribution in [-0.4, -0.2) is 16.7 Å². The molecule has 0 aromatic rings. The molecule has 176 valence electrons. The number of allylic oxidation sites excluding steroid dienone is 12. The van der Waals surface area contributed by atoms with Gasteiger partial charge in [0.05, 0.1) is 11.5 Å². The molecule has 6 aliphatic carbocycles. The Morgan fingerprint density at radius 1 is 0.706 bits per heavy atom. The molecule has 2 heteroatoms. The highest BCUT2D eigenvalue weighted by Gasteiger charge is 2.55. The number of Topliss-reactive ketones (excluding diaryl/α,β-unsaturated/α-hetero) is 1. The van der Waals surface area contributed by atoms with Gasteiger partial charge in [-0.15, -0.1) is 0 Å². The number of rotatable bonds is 1. The van der Waals surface area contributed by atoms with E-state index in [0.717, 1.165) is 44.9 Å². The van der Waals surface area contributed by atoms with Crippen molar-refractivity contribution in [3.05, 3.63) is 81.3 Å². The summed E-state index contributed by atoms with van der Waals surface area (Å²) in [5.41, 5.74) is 11.9. The molecule has 1 spiro atoms. The molecular weight excluding hydrogens is 414 g/mol. The second-order valence-electron chi connectivity index (χ2n) is 11.3. The topological polar surface area (TPSA) is 20.3 Å². The van der Waals surface area contributed by atoms with Crippen LogP contribution < -0.4 is 0 Å². The second-order valence-corrected chi connectivity index (χ2v) is 11.3. The quantitative estimate of drug-likeness (QED) is 0.403. The van der Waals surface area contributed by atoms with Gasteiger partial charge in [-0.2, -0.15) is 0 Å².